The predicted molar refractivity (Wildman–Crippen MR) is 66.6 cm³/mol. The summed E-state index contributed by atoms with van der Waals surface area (Å²) in [6, 6.07) is 7.70. The lowest BCUT2D eigenvalue weighted by atomic mass is 10.2. The molecule has 0 fully saturated rings. The van der Waals surface area contributed by atoms with Gasteiger partial charge in [0, 0.05) is 25.8 Å². The molecule has 0 unspecified atom stereocenters. The van der Waals surface area contributed by atoms with Gasteiger partial charge in [-0.2, -0.15) is 0 Å². The van der Waals surface area contributed by atoms with Crippen LogP contribution in [0, 0.1) is 0 Å². The Bertz CT molecular complexity index is 543. The van der Waals surface area contributed by atoms with Crippen molar-refractivity contribution >= 4 is 16.8 Å². The number of rotatable bonds is 3. The molecule has 1 aromatic carbocycles. The maximum Gasteiger partial charge on any atom is 0.241 e. The number of amides is 1. The second kappa shape index (κ2) is 4.59. The monoisotopic (exact) mass is 232 g/mol. The minimum Gasteiger partial charge on any atom is -0.392 e. The molecule has 0 radical (unpaired) electrons. The standard InChI is InChI=1S/C13H16N2O2/c1-14(2)13(17)8-15-6-5-11-7-10(9-16)3-4-12(11)15/h3-7,16H,8-9H2,1-2H3. The molecule has 1 heterocycles. The van der Waals surface area contributed by atoms with E-state index in [9.17, 15) is 4.79 Å². The van der Waals surface area contributed by atoms with E-state index in [1.165, 1.54) is 0 Å². The fourth-order valence-corrected chi connectivity index (χ4v) is 1.77. The van der Waals surface area contributed by atoms with Crippen LogP contribution in [0.25, 0.3) is 10.9 Å². The van der Waals surface area contributed by atoms with Crippen LogP contribution >= 0.6 is 0 Å². The van der Waals surface area contributed by atoms with E-state index in [1.807, 2.05) is 35.0 Å². The van der Waals surface area contributed by atoms with Crippen molar-refractivity contribution in [1.82, 2.24) is 9.47 Å². The normalized spacial score (nSPS) is 10.8. The number of aliphatic hydroxyl groups is 1. The second-order valence-electron chi connectivity index (χ2n) is 4.28. The summed E-state index contributed by atoms with van der Waals surface area (Å²) >= 11 is 0. The smallest absolute Gasteiger partial charge is 0.241 e. The van der Waals surface area contributed by atoms with E-state index in [-0.39, 0.29) is 12.5 Å². The number of hydrogen-bond acceptors (Lipinski definition) is 2. The molecule has 90 valence electrons. The molecule has 1 aromatic heterocycles. The molecule has 2 rings (SSSR count). The number of carbonyl (C=O) groups is 1. The highest BCUT2D eigenvalue weighted by atomic mass is 16.3. The van der Waals surface area contributed by atoms with Crippen molar-refractivity contribution in [3.05, 3.63) is 36.0 Å². The van der Waals surface area contributed by atoms with Gasteiger partial charge >= 0.3 is 0 Å². The third-order valence-electron chi connectivity index (χ3n) is 2.82. The number of aliphatic hydroxyl groups excluding tert-OH is 1. The fourth-order valence-electron chi connectivity index (χ4n) is 1.77. The lowest BCUT2D eigenvalue weighted by molar-refractivity contribution is -0.129. The number of hydrogen-bond donors (Lipinski definition) is 1. The lowest BCUT2D eigenvalue weighted by Crippen LogP contribution is -2.25. The van der Waals surface area contributed by atoms with Crippen LogP contribution in [-0.4, -0.2) is 34.6 Å². The molecule has 17 heavy (non-hydrogen) atoms. The first kappa shape index (κ1) is 11.7. The zero-order valence-electron chi connectivity index (χ0n) is 10.1. The van der Waals surface area contributed by atoms with E-state index in [1.54, 1.807) is 19.0 Å². The Labute approximate surface area is 100 Å². The van der Waals surface area contributed by atoms with E-state index < -0.39 is 0 Å². The third kappa shape index (κ3) is 2.31. The summed E-state index contributed by atoms with van der Waals surface area (Å²) in [6.07, 6.45) is 1.90. The van der Waals surface area contributed by atoms with Crippen LogP contribution < -0.4 is 0 Å². The third-order valence-corrected chi connectivity index (χ3v) is 2.82. The van der Waals surface area contributed by atoms with Crippen molar-refractivity contribution in [1.29, 1.82) is 0 Å². The van der Waals surface area contributed by atoms with E-state index in [0.29, 0.717) is 6.54 Å². The Morgan fingerprint density at radius 1 is 1.35 bits per heavy atom. The molecule has 0 aliphatic carbocycles. The lowest BCUT2D eigenvalue weighted by Gasteiger charge is -2.11. The molecule has 0 saturated heterocycles. The van der Waals surface area contributed by atoms with Crippen LogP contribution in [0.1, 0.15) is 5.56 Å². The molecule has 1 amide bonds. The van der Waals surface area contributed by atoms with Gasteiger partial charge in [0.25, 0.3) is 0 Å². The van der Waals surface area contributed by atoms with Crippen LogP contribution in [0.4, 0.5) is 0 Å². The molecule has 0 aliphatic rings. The SMILES string of the molecule is CN(C)C(=O)Cn1ccc2cc(CO)ccc21. The molecule has 2 aromatic rings. The van der Waals surface area contributed by atoms with Crippen molar-refractivity contribution in [2.24, 2.45) is 0 Å². The van der Waals surface area contributed by atoms with E-state index in [0.717, 1.165) is 16.5 Å². The van der Waals surface area contributed by atoms with Crippen LogP contribution in [-0.2, 0) is 17.9 Å². The first-order chi connectivity index (χ1) is 8.11. The minimum atomic E-state index is 0.0394. The average molecular weight is 232 g/mol. The Hall–Kier alpha value is -1.81. The summed E-state index contributed by atoms with van der Waals surface area (Å²) in [5.74, 6) is 0.0636. The largest absolute Gasteiger partial charge is 0.392 e. The van der Waals surface area contributed by atoms with Crippen molar-refractivity contribution in [3.8, 4) is 0 Å². The molecular formula is C13H16N2O2. The summed E-state index contributed by atoms with van der Waals surface area (Å²) < 4.78 is 1.92. The minimum absolute atomic E-state index is 0.0394. The number of carbonyl (C=O) groups excluding carboxylic acids is 1. The first-order valence-corrected chi connectivity index (χ1v) is 5.50. The molecule has 0 bridgehead atoms. The van der Waals surface area contributed by atoms with Gasteiger partial charge in [-0.15, -0.1) is 0 Å². The van der Waals surface area contributed by atoms with Crippen molar-refractivity contribution < 1.29 is 9.90 Å². The van der Waals surface area contributed by atoms with Crippen LogP contribution in [0.2, 0.25) is 0 Å². The zero-order chi connectivity index (χ0) is 12.4. The number of nitrogens with zero attached hydrogens (tertiary/aromatic N) is 2. The van der Waals surface area contributed by atoms with Gasteiger partial charge in [0.1, 0.15) is 6.54 Å². The van der Waals surface area contributed by atoms with Gasteiger partial charge in [0.05, 0.1) is 6.61 Å². The van der Waals surface area contributed by atoms with Gasteiger partial charge in [0.15, 0.2) is 0 Å². The van der Waals surface area contributed by atoms with Crippen molar-refractivity contribution in [2.45, 2.75) is 13.2 Å². The van der Waals surface area contributed by atoms with E-state index >= 15 is 0 Å². The van der Waals surface area contributed by atoms with Gasteiger partial charge in [0.2, 0.25) is 5.91 Å². The Morgan fingerprint density at radius 2 is 2.12 bits per heavy atom. The highest BCUT2D eigenvalue weighted by Gasteiger charge is 2.07. The number of benzene rings is 1. The summed E-state index contributed by atoms with van der Waals surface area (Å²) in [5.41, 5.74) is 1.89. The summed E-state index contributed by atoms with van der Waals surface area (Å²) in [7, 11) is 3.50. The number of likely N-dealkylation sites (N-methyl/N-ethyl adjacent to an activating group) is 1. The number of fused-ring (bicyclic) bond motifs is 1. The zero-order valence-corrected chi connectivity index (χ0v) is 10.1. The molecular weight excluding hydrogens is 216 g/mol. The first-order valence-electron chi connectivity index (χ1n) is 5.50. The van der Waals surface area contributed by atoms with Crippen molar-refractivity contribution in [2.75, 3.05) is 14.1 Å². The van der Waals surface area contributed by atoms with E-state index in [2.05, 4.69) is 0 Å². The van der Waals surface area contributed by atoms with Crippen LogP contribution in [0.3, 0.4) is 0 Å². The molecule has 0 aliphatic heterocycles. The Balaban J connectivity index is 2.33. The number of aromatic nitrogens is 1. The topological polar surface area (TPSA) is 45.5 Å². The highest BCUT2D eigenvalue weighted by Crippen LogP contribution is 2.17. The Morgan fingerprint density at radius 3 is 2.76 bits per heavy atom. The maximum absolute atomic E-state index is 11.6. The van der Waals surface area contributed by atoms with E-state index in [4.69, 9.17) is 5.11 Å². The van der Waals surface area contributed by atoms with Gasteiger partial charge in [-0.3, -0.25) is 4.79 Å². The highest BCUT2D eigenvalue weighted by molar-refractivity contribution is 5.83. The van der Waals surface area contributed by atoms with Gasteiger partial charge < -0.3 is 14.6 Å². The molecule has 4 nitrogen and oxygen atoms in total. The van der Waals surface area contributed by atoms with Crippen molar-refractivity contribution in [3.63, 3.8) is 0 Å². The average Bonchev–Trinajstić information content (AvgIpc) is 2.71. The van der Waals surface area contributed by atoms with Crippen LogP contribution in [0.15, 0.2) is 30.5 Å². The fraction of sp³-hybridized carbons (Fsp3) is 0.308. The van der Waals surface area contributed by atoms with Gasteiger partial charge in [-0.1, -0.05) is 6.07 Å². The molecule has 4 heteroatoms. The molecule has 0 saturated carbocycles. The van der Waals surface area contributed by atoms with Gasteiger partial charge in [-0.25, -0.2) is 0 Å². The quantitative estimate of drug-likeness (QED) is 0.865. The Kier molecular flexibility index (Phi) is 3.15. The molecule has 1 N–H and O–H groups in total. The van der Waals surface area contributed by atoms with Gasteiger partial charge in [-0.05, 0) is 29.1 Å². The molecule has 0 atom stereocenters. The summed E-state index contributed by atoms with van der Waals surface area (Å²) in [4.78, 5) is 13.2. The second-order valence-corrected chi connectivity index (χ2v) is 4.28. The predicted octanol–water partition coefficient (Wildman–Crippen LogP) is 1.22. The van der Waals surface area contributed by atoms with Crippen LogP contribution in [0.5, 0.6) is 0 Å². The maximum atomic E-state index is 11.6. The summed E-state index contributed by atoms with van der Waals surface area (Å²) in [6.45, 7) is 0.382. The summed E-state index contributed by atoms with van der Waals surface area (Å²) in [5, 5.41) is 10.1. The molecule has 0 spiro atoms.